The highest BCUT2D eigenvalue weighted by Gasteiger charge is 2.48. The van der Waals surface area contributed by atoms with Crippen molar-refractivity contribution >= 4 is 15.8 Å². The van der Waals surface area contributed by atoms with Gasteiger partial charge in [0.2, 0.25) is 5.95 Å². The summed E-state index contributed by atoms with van der Waals surface area (Å²) < 4.78 is 79.6. The maximum absolute atomic E-state index is 14.3. The van der Waals surface area contributed by atoms with Crippen molar-refractivity contribution in [3.05, 3.63) is 35.0 Å². The summed E-state index contributed by atoms with van der Waals surface area (Å²) in [6, 6.07) is 4.76. The number of nitrogens with zero attached hydrogens (tertiary/aromatic N) is 3. The predicted molar refractivity (Wildman–Crippen MR) is 92.6 cm³/mol. The fourth-order valence-electron chi connectivity index (χ4n) is 4.00. The third kappa shape index (κ3) is 2.61. The molecule has 2 aliphatic heterocycles. The Morgan fingerprint density at radius 2 is 1.79 bits per heavy atom. The minimum Gasteiger partial charge on any atom is -0.329 e. The van der Waals surface area contributed by atoms with Gasteiger partial charge in [0.1, 0.15) is 5.69 Å². The molecule has 0 amide bonds. The van der Waals surface area contributed by atoms with Crippen LogP contribution in [0.1, 0.15) is 23.2 Å². The summed E-state index contributed by atoms with van der Waals surface area (Å²) in [6.45, 7) is -1.26. The van der Waals surface area contributed by atoms with Crippen molar-refractivity contribution in [2.45, 2.75) is 36.0 Å². The Bertz CT molecular complexity index is 1110. The molecule has 10 heteroatoms. The average molecular weight is 413 g/mol. The number of aryl methyl sites for hydroxylation is 1. The zero-order valence-electron chi connectivity index (χ0n) is 14.6. The number of hydrogen-bond acceptors (Lipinski definition) is 5. The summed E-state index contributed by atoms with van der Waals surface area (Å²) in [5.41, 5.74) is 1.05. The van der Waals surface area contributed by atoms with Gasteiger partial charge in [0.15, 0.2) is 9.84 Å². The zero-order chi connectivity index (χ0) is 19.9. The van der Waals surface area contributed by atoms with Gasteiger partial charge in [0.25, 0.3) is 11.8 Å². The number of alkyl halides is 4. The molecule has 1 aromatic heterocycles. The van der Waals surface area contributed by atoms with Gasteiger partial charge in [-0.2, -0.15) is 8.78 Å². The van der Waals surface area contributed by atoms with Crippen LogP contribution < -0.4 is 4.90 Å². The van der Waals surface area contributed by atoms with E-state index in [-0.39, 0.29) is 34.3 Å². The quantitative estimate of drug-likeness (QED) is 0.709. The lowest BCUT2D eigenvalue weighted by molar-refractivity contribution is -0.0275. The van der Waals surface area contributed by atoms with Crippen LogP contribution in [-0.4, -0.2) is 43.2 Å². The first kappa shape index (κ1) is 17.8. The Kier molecular flexibility index (Phi) is 3.46. The number of anilines is 1. The molecule has 3 aliphatic rings. The molecule has 1 aromatic carbocycles. The first-order valence-corrected chi connectivity index (χ1v) is 10.5. The second-order valence-electron chi connectivity index (χ2n) is 7.51. The minimum atomic E-state index is -3.41. The van der Waals surface area contributed by atoms with Crippen molar-refractivity contribution < 1.29 is 26.0 Å². The van der Waals surface area contributed by atoms with Crippen LogP contribution in [0, 0.1) is 0 Å². The summed E-state index contributed by atoms with van der Waals surface area (Å²) >= 11 is 0. The van der Waals surface area contributed by atoms with Crippen LogP contribution in [0.15, 0.2) is 23.1 Å². The van der Waals surface area contributed by atoms with E-state index in [1.54, 1.807) is 12.1 Å². The van der Waals surface area contributed by atoms with Crippen LogP contribution in [0.2, 0.25) is 0 Å². The molecule has 2 aromatic rings. The van der Waals surface area contributed by atoms with Crippen molar-refractivity contribution in [1.82, 2.24) is 9.97 Å². The Hall–Kier alpha value is -2.23. The molecule has 1 aliphatic carbocycles. The van der Waals surface area contributed by atoms with E-state index in [0.29, 0.717) is 17.5 Å². The molecule has 3 heterocycles. The fourth-order valence-corrected chi connectivity index (χ4v) is 5.58. The molecule has 5 rings (SSSR count). The smallest absolute Gasteiger partial charge is 0.290 e. The number of benzene rings is 1. The Balaban J connectivity index is 1.67. The van der Waals surface area contributed by atoms with Gasteiger partial charge in [-0.25, -0.2) is 27.2 Å². The van der Waals surface area contributed by atoms with E-state index in [0.717, 1.165) is 4.90 Å². The molecule has 0 unspecified atom stereocenters. The van der Waals surface area contributed by atoms with Crippen molar-refractivity contribution in [1.29, 1.82) is 0 Å². The topological polar surface area (TPSA) is 63.2 Å². The molecule has 0 N–H and O–H groups in total. The average Bonchev–Trinajstić information content (AvgIpc) is 3.08. The summed E-state index contributed by atoms with van der Waals surface area (Å²) in [6.07, 6.45) is 0.0107. The van der Waals surface area contributed by atoms with Gasteiger partial charge in [0.05, 0.1) is 29.4 Å². The third-order valence-corrected chi connectivity index (χ3v) is 7.27. The van der Waals surface area contributed by atoms with Crippen LogP contribution in [0.5, 0.6) is 0 Å². The van der Waals surface area contributed by atoms with Gasteiger partial charge in [-0.3, -0.25) is 0 Å². The summed E-state index contributed by atoms with van der Waals surface area (Å²) in [4.78, 5) is 9.52. The summed E-state index contributed by atoms with van der Waals surface area (Å²) in [7, 11) is -3.41. The van der Waals surface area contributed by atoms with Crippen LogP contribution in [-0.2, 0) is 28.6 Å². The molecule has 0 bridgehead atoms. The van der Waals surface area contributed by atoms with Crippen molar-refractivity contribution in [2.24, 2.45) is 0 Å². The first-order valence-electron chi connectivity index (χ1n) is 8.84. The lowest BCUT2D eigenvalue weighted by Gasteiger charge is -2.39. The highest BCUT2D eigenvalue weighted by Crippen LogP contribution is 2.45. The molecule has 5 nitrogen and oxygen atoms in total. The largest absolute Gasteiger partial charge is 0.329 e. The molecular formula is C18H15F4N3O2S. The second-order valence-corrected chi connectivity index (χ2v) is 9.58. The van der Waals surface area contributed by atoms with E-state index in [9.17, 15) is 26.0 Å². The molecule has 0 saturated carbocycles. The lowest BCUT2D eigenvalue weighted by Crippen LogP contribution is -2.57. The number of hydrogen-bond donors (Lipinski definition) is 0. The molecule has 0 spiro atoms. The van der Waals surface area contributed by atoms with Gasteiger partial charge in [-0.05, 0) is 24.5 Å². The van der Waals surface area contributed by atoms with Crippen molar-refractivity contribution in [3.63, 3.8) is 0 Å². The van der Waals surface area contributed by atoms with Crippen LogP contribution >= 0.6 is 0 Å². The Morgan fingerprint density at radius 1 is 1.04 bits per heavy atom. The number of fused-ring (bicyclic) bond motifs is 2. The molecular weight excluding hydrogens is 398 g/mol. The Labute approximate surface area is 158 Å². The van der Waals surface area contributed by atoms with Gasteiger partial charge >= 0.3 is 0 Å². The molecule has 0 atom stereocenters. The van der Waals surface area contributed by atoms with Crippen molar-refractivity contribution in [3.8, 4) is 11.3 Å². The maximum atomic E-state index is 14.3. The number of halogens is 4. The monoisotopic (exact) mass is 413 g/mol. The molecule has 1 fully saturated rings. The highest BCUT2D eigenvalue weighted by molar-refractivity contribution is 7.91. The Morgan fingerprint density at radius 3 is 2.50 bits per heavy atom. The second kappa shape index (κ2) is 5.43. The fraction of sp³-hybridized carbons (Fsp3) is 0.444. The predicted octanol–water partition coefficient (Wildman–Crippen LogP) is 2.97. The van der Waals surface area contributed by atoms with E-state index in [2.05, 4.69) is 9.97 Å². The standard InChI is InChI=1S/C18H15F4N3O2S/c19-17(20)8-25(9-17)16-23-14(12-3-5-18(21,22)15(12)24-16)11-2-1-10-4-6-28(26,27)13(10)7-11/h1-2,7H,3-6,8-9H2. The third-order valence-electron chi connectivity index (χ3n) is 5.47. The summed E-state index contributed by atoms with van der Waals surface area (Å²) in [5.74, 6) is -6.23. The van der Waals surface area contributed by atoms with E-state index < -0.39 is 46.9 Å². The zero-order valence-corrected chi connectivity index (χ0v) is 15.4. The minimum absolute atomic E-state index is 0.0137. The number of sulfone groups is 1. The van der Waals surface area contributed by atoms with E-state index in [1.807, 2.05) is 0 Å². The highest BCUT2D eigenvalue weighted by atomic mass is 32.2. The normalized spacial score (nSPS) is 23.2. The van der Waals surface area contributed by atoms with E-state index in [4.69, 9.17) is 0 Å². The van der Waals surface area contributed by atoms with Gasteiger partial charge < -0.3 is 4.90 Å². The van der Waals surface area contributed by atoms with Crippen LogP contribution in [0.4, 0.5) is 23.5 Å². The van der Waals surface area contributed by atoms with Crippen LogP contribution in [0.25, 0.3) is 11.3 Å². The molecule has 28 heavy (non-hydrogen) atoms. The van der Waals surface area contributed by atoms with Gasteiger partial charge in [-0.15, -0.1) is 0 Å². The molecule has 148 valence electrons. The number of rotatable bonds is 2. The molecule has 0 radical (unpaired) electrons. The van der Waals surface area contributed by atoms with Gasteiger partial charge in [-0.1, -0.05) is 12.1 Å². The lowest BCUT2D eigenvalue weighted by atomic mass is 10.0. The maximum Gasteiger partial charge on any atom is 0.290 e. The van der Waals surface area contributed by atoms with E-state index >= 15 is 0 Å². The van der Waals surface area contributed by atoms with Gasteiger partial charge in [0, 0.05) is 17.5 Å². The van der Waals surface area contributed by atoms with Crippen molar-refractivity contribution in [2.75, 3.05) is 23.7 Å². The summed E-state index contributed by atoms with van der Waals surface area (Å²) in [5, 5.41) is 0. The SMILES string of the molecule is O=S1(=O)CCc2ccc(-c3nc(N4CC(F)(F)C4)nc4c3CCC4(F)F)cc21. The van der Waals surface area contributed by atoms with Crippen LogP contribution in [0.3, 0.4) is 0 Å². The van der Waals surface area contributed by atoms with E-state index in [1.165, 1.54) is 6.07 Å². The number of aromatic nitrogens is 2. The molecule has 1 saturated heterocycles. The first-order chi connectivity index (χ1) is 13.1.